The van der Waals surface area contributed by atoms with Gasteiger partial charge in [0.2, 0.25) is 0 Å². The van der Waals surface area contributed by atoms with Gasteiger partial charge < -0.3 is 15.0 Å². The summed E-state index contributed by atoms with van der Waals surface area (Å²) in [7, 11) is 0. The number of likely N-dealkylation sites (tertiary alicyclic amines) is 1. The van der Waals surface area contributed by atoms with Gasteiger partial charge in [-0.15, -0.1) is 0 Å². The van der Waals surface area contributed by atoms with Crippen LogP contribution < -0.4 is 0 Å². The fraction of sp³-hybridized carbons (Fsp3) is 0.611. The molecule has 128 valence electrons. The van der Waals surface area contributed by atoms with Gasteiger partial charge in [0.1, 0.15) is 5.82 Å². The molecule has 0 bridgehead atoms. The average molecular weight is 328 g/mol. The Labute approximate surface area is 141 Å². The van der Waals surface area contributed by atoms with Gasteiger partial charge >= 0.3 is 5.97 Å². The maximum atomic E-state index is 11.2. The van der Waals surface area contributed by atoms with E-state index in [9.17, 15) is 9.90 Å². The van der Waals surface area contributed by atoms with Crippen LogP contribution in [0.15, 0.2) is 18.5 Å². The van der Waals surface area contributed by atoms with Crippen LogP contribution in [0.4, 0.5) is 0 Å². The smallest absolute Gasteiger partial charge is 0.303 e. The summed E-state index contributed by atoms with van der Waals surface area (Å²) >= 11 is 0. The Bertz CT molecular complexity index is 692. The highest BCUT2D eigenvalue weighted by molar-refractivity contribution is 5.73. The number of aliphatic carboxylic acids is 1. The lowest BCUT2D eigenvalue weighted by atomic mass is 9.81. The van der Waals surface area contributed by atoms with Gasteiger partial charge in [0.25, 0.3) is 0 Å². The molecule has 2 fully saturated rings. The zero-order chi connectivity index (χ0) is 16.5. The summed E-state index contributed by atoms with van der Waals surface area (Å²) in [6.07, 6.45) is 8.31. The molecule has 0 radical (unpaired) electrons. The monoisotopic (exact) mass is 328 g/mol. The van der Waals surface area contributed by atoms with Crippen molar-refractivity contribution in [3.8, 4) is 0 Å². The van der Waals surface area contributed by atoms with Crippen LogP contribution in [0.25, 0.3) is 11.0 Å². The van der Waals surface area contributed by atoms with Crippen LogP contribution in [-0.4, -0.2) is 50.6 Å². The molecular weight excluding hydrogens is 304 g/mol. The molecule has 0 amide bonds. The summed E-state index contributed by atoms with van der Waals surface area (Å²) in [4.78, 5) is 25.9. The molecule has 6 heteroatoms. The van der Waals surface area contributed by atoms with Crippen molar-refractivity contribution < 1.29 is 9.90 Å². The molecule has 2 unspecified atom stereocenters. The zero-order valence-corrected chi connectivity index (χ0v) is 13.8. The van der Waals surface area contributed by atoms with E-state index in [-0.39, 0.29) is 12.3 Å². The lowest BCUT2D eigenvalue weighted by Gasteiger charge is -2.38. The lowest BCUT2D eigenvalue weighted by Crippen LogP contribution is -2.43. The molecule has 1 aliphatic heterocycles. The van der Waals surface area contributed by atoms with Gasteiger partial charge in [-0.05, 0) is 49.6 Å². The van der Waals surface area contributed by atoms with Crippen molar-refractivity contribution in [1.82, 2.24) is 19.9 Å². The number of piperidine rings is 1. The van der Waals surface area contributed by atoms with Crippen molar-refractivity contribution in [3.63, 3.8) is 0 Å². The molecule has 0 spiro atoms. The number of hydrogen-bond donors (Lipinski definition) is 2. The highest BCUT2D eigenvalue weighted by Gasteiger charge is 2.34. The molecule has 24 heavy (non-hydrogen) atoms. The van der Waals surface area contributed by atoms with Crippen molar-refractivity contribution in [1.29, 1.82) is 0 Å². The topological polar surface area (TPSA) is 82.1 Å². The molecule has 2 N–H and O–H groups in total. The van der Waals surface area contributed by atoms with Gasteiger partial charge in [-0.1, -0.05) is 0 Å². The second-order valence-corrected chi connectivity index (χ2v) is 7.39. The minimum absolute atomic E-state index is 0.240. The average Bonchev–Trinajstić information content (AvgIpc) is 3.26. The van der Waals surface area contributed by atoms with Gasteiger partial charge in [-0.3, -0.25) is 9.78 Å². The van der Waals surface area contributed by atoms with Crippen molar-refractivity contribution >= 4 is 17.0 Å². The first-order chi connectivity index (χ1) is 11.7. The van der Waals surface area contributed by atoms with Crippen LogP contribution in [0.5, 0.6) is 0 Å². The van der Waals surface area contributed by atoms with Crippen molar-refractivity contribution in [2.45, 2.75) is 32.1 Å². The molecule has 2 aromatic rings. The van der Waals surface area contributed by atoms with E-state index in [0.29, 0.717) is 5.92 Å². The number of imidazole rings is 1. The van der Waals surface area contributed by atoms with Crippen molar-refractivity contribution in [3.05, 3.63) is 24.3 Å². The number of aromatic amines is 1. The number of carbonyl (C=O) groups is 1. The predicted molar refractivity (Wildman–Crippen MR) is 90.6 cm³/mol. The Hall–Kier alpha value is -1.95. The largest absolute Gasteiger partial charge is 0.481 e. The minimum Gasteiger partial charge on any atom is -0.481 e. The van der Waals surface area contributed by atoms with Crippen molar-refractivity contribution in [2.75, 3.05) is 19.6 Å². The second kappa shape index (κ2) is 6.51. The number of pyridine rings is 1. The number of aromatic nitrogens is 3. The van der Waals surface area contributed by atoms with E-state index in [1.165, 1.54) is 19.4 Å². The zero-order valence-electron chi connectivity index (χ0n) is 13.8. The number of nitrogens with zero attached hydrogens (tertiary/aromatic N) is 3. The molecule has 6 nitrogen and oxygen atoms in total. The van der Waals surface area contributed by atoms with Crippen LogP contribution in [0.1, 0.15) is 31.5 Å². The number of rotatable bonds is 6. The van der Waals surface area contributed by atoms with Gasteiger partial charge in [-0.25, -0.2) is 4.98 Å². The normalized spacial score (nSPS) is 25.2. The molecule has 2 aromatic heterocycles. The second-order valence-electron chi connectivity index (χ2n) is 7.39. The van der Waals surface area contributed by atoms with E-state index in [1.54, 1.807) is 12.4 Å². The van der Waals surface area contributed by atoms with Crippen LogP contribution >= 0.6 is 0 Å². The van der Waals surface area contributed by atoms with Gasteiger partial charge in [0.15, 0.2) is 0 Å². The summed E-state index contributed by atoms with van der Waals surface area (Å²) in [5.74, 6) is 1.73. The fourth-order valence-corrected chi connectivity index (χ4v) is 3.97. The van der Waals surface area contributed by atoms with E-state index >= 15 is 0 Å². The molecule has 3 heterocycles. The molecule has 1 saturated heterocycles. The molecule has 2 aliphatic rings. The van der Waals surface area contributed by atoms with E-state index < -0.39 is 5.97 Å². The molecule has 1 aliphatic carbocycles. The Morgan fingerprint density at radius 3 is 2.96 bits per heavy atom. The standard InChI is InChI=1S/C18H24N4O2/c23-18(24)8-13-4-6-22(10-12-1-2-12)11-14(13)7-17-20-15-3-5-19-9-16(15)21-17/h3,5,9,12-14H,1-2,4,6-8,10-11H2,(H,20,21)(H,23,24). The number of carboxylic acids is 1. The quantitative estimate of drug-likeness (QED) is 0.850. The summed E-state index contributed by atoms with van der Waals surface area (Å²) in [6.45, 7) is 3.21. The Morgan fingerprint density at radius 2 is 2.21 bits per heavy atom. The van der Waals surface area contributed by atoms with Gasteiger partial charge in [0.05, 0.1) is 17.2 Å². The van der Waals surface area contributed by atoms with E-state index in [4.69, 9.17) is 0 Å². The predicted octanol–water partition coefficient (Wildman–Crippen LogP) is 2.32. The van der Waals surface area contributed by atoms with E-state index in [2.05, 4.69) is 19.9 Å². The third-order valence-corrected chi connectivity index (χ3v) is 5.41. The van der Waals surface area contributed by atoms with Crippen molar-refractivity contribution in [2.24, 2.45) is 17.8 Å². The fourth-order valence-electron chi connectivity index (χ4n) is 3.97. The first-order valence-corrected chi connectivity index (χ1v) is 8.90. The third-order valence-electron chi connectivity index (χ3n) is 5.41. The minimum atomic E-state index is -0.686. The highest BCUT2D eigenvalue weighted by atomic mass is 16.4. The first kappa shape index (κ1) is 15.6. The number of fused-ring (bicyclic) bond motifs is 1. The van der Waals surface area contributed by atoms with Crippen LogP contribution in [-0.2, 0) is 11.2 Å². The lowest BCUT2D eigenvalue weighted by molar-refractivity contribution is -0.139. The molecule has 1 saturated carbocycles. The number of hydrogen-bond acceptors (Lipinski definition) is 4. The van der Waals surface area contributed by atoms with E-state index in [0.717, 1.165) is 48.7 Å². The van der Waals surface area contributed by atoms with Crippen LogP contribution in [0, 0.1) is 17.8 Å². The summed E-state index contributed by atoms with van der Waals surface area (Å²) in [6, 6.07) is 1.91. The number of carboxylic acid groups (broad SMARTS) is 1. The first-order valence-electron chi connectivity index (χ1n) is 8.90. The third kappa shape index (κ3) is 3.59. The van der Waals surface area contributed by atoms with Gasteiger partial charge in [-0.2, -0.15) is 0 Å². The molecular formula is C18H24N4O2. The summed E-state index contributed by atoms with van der Waals surface area (Å²) < 4.78 is 0. The SMILES string of the molecule is O=C(O)CC1CCN(CC2CC2)CC1Cc1nc2ccncc2[nH]1. The van der Waals surface area contributed by atoms with E-state index in [1.807, 2.05) is 6.07 Å². The maximum absolute atomic E-state index is 11.2. The highest BCUT2D eigenvalue weighted by Crippen LogP contribution is 2.34. The summed E-state index contributed by atoms with van der Waals surface area (Å²) in [5, 5.41) is 9.24. The van der Waals surface area contributed by atoms with Crippen LogP contribution in [0.2, 0.25) is 0 Å². The Morgan fingerprint density at radius 1 is 1.33 bits per heavy atom. The Balaban J connectivity index is 1.49. The number of H-pyrrole nitrogens is 1. The molecule has 0 aromatic carbocycles. The molecule has 4 rings (SSSR count). The van der Waals surface area contributed by atoms with Crippen LogP contribution in [0.3, 0.4) is 0 Å². The molecule has 2 atom stereocenters. The maximum Gasteiger partial charge on any atom is 0.303 e. The van der Waals surface area contributed by atoms with Gasteiger partial charge in [0, 0.05) is 32.1 Å². The number of nitrogens with one attached hydrogen (secondary N) is 1. The Kier molecular flexibility index (Phi) is 4.22. The summed E-state index contributed by atoms with van der Waals surface area (Å²) in [5.41, 5.74) is 1.88.